The summed E-state index contributed by atoms with van der Waals surface area (Å²) in [5.41, 5.74) is 6.07. The Labute approximate surface area is 115 Å². The minimum Gasteiger partial charge on any atom is -0.379 e. The lowest BCUT2D eigenvalue weighted by Gasteiger charge is -2.48. The molecule has 1 saturated carbocycles. The number of nitrogens with two attached hydrogens (primary N) is 1. The lowest BCUT2D eigenvalue weighted by atomic mass is 9.77. The van der Waals surface area contributed by atoms with E-state index in [0.29, 0.717) is 6.54 Å². The molecule has 1 aromatic rings. The van der Waals surface area contributed by atoms with E-state index >= 15 is 0 Å². The molecule has 0 aromatic carbocycles. The van der Waals surface area contributed by atoms with E-state index in [4.69, 9.17) is 10.5 Å². The molecule has 0 spiro atoms. The van der Waals surface area contributed by atoms with Gasteiger partial charge in [0, 0.05) is 33.1 Å². The lowest BCUT2D eigenvalue weighted by molar-refractivity contribution is -0.0697. The normalized spacial score (nSPS) is 27.9. The van der Waals surface area contributed by atoms with Crippen LogP contribution in [0.5, 0.6) is 0 Å². The number of likely N-dealkylation sites (N-methyl/N-ethyl adjacent to an activating group) is 1. The van der Waals surface area contributed by atoms with Gasteiger partial charge in [0.2, 0.25) is 0 Å². The monoisotopic (exact) mass is 266 g/mol. The number of methoxy groups -OCH3 is 1. The number of imidazole rings is 1. The second kappa shape index (κ2) is 6.03. The third-order valence-electron chi connectivity index (χ3n) is 4.62. The highest BCUT2D eigenvalue weighted by atomic mass is 16.5. The third-order valence-corrected chi connectivity index (χ3v) is 4.62. The Kier molecular flexibility index (Phi) is 4.60. The highest BCUT2D eigenvalue weighted by Gasteiger charge is 2.43. The van der Waals surface area contributed by atoms with Gasteiger partial charge in [-0.2, -0.15) is 0 Å². The summed E-state index contributed by atoms with van der Waals surface area (Å²) in [6, 6.07) is 0. The first kappa shape index (κ1) is 14.5. The van der Waals surface area contributed by atoms with Crippen molar-refractivity contribution in [1.29, 1.82) is 0 Å². The maximum absolute atomic E-state index is 6.12. The summed E-state index contributed by atoms with van der Waals surface area (Å²) in [4.78, 5) is 6.74. The van der Waals surface area contributed by atoms with Gasteiger partial charge in [-0.1, -0.05) is 12.8 Å². The Morgan fingerprint density at radius 3 is 2.95 bits per heavy atom. The van der Waals surface area contributed by atoms with E-state index in [1.54, 1.807) is 7.11 Å². The maximum atomic E-state index is 6.12. The Bertz CT molecular complexity index is 406. The molecule has 5 nitrogen and oxygen atoms in total. The summed E-state index contributed by atoms with van der Waals surface area (Å²) in [5.74, 6) is 1.07. The van der Waals surface area contributed by atoms with Crippen LogP contribution in [0.15, 0.2) is 12.4 Å². The van der Waals surface area contributed by atoms with Crippen LogP contribution in [0.2, 0.25) is 0 Å². The third kappa shape index (κ3) is 2.68. The standard InChI is InChI=1S/C14H26N4O/c1-17-9-8-16-13(17)10-18(2)14(11-15)7-5-4-6-12(14)19-3/h8-9,12H,4-7,10-11,15H2,1-3H3. The second-order valence-corrected chi connectivity index (χ2v) is 5.59. The molecule has 0 saturated heterocycles. The highest BCUT2D eigenvalue weighted by Crippen LogP contribution is 2.34. The molecule has 0 aliphatic heterocycles. The largest absolute Gasteiger partial charge is 0.379 e. The van der Waals surface area contributed by atoms with Crippen LogP contribution in [0, 0.1) is 0 Å². The van der Waals surface area contributed by atoms with Crippen molar-refractivity contribution >= 4 is 0 Å². The zero-order chi connectivity index (χ0) is 13.9. The summed E-state index contributed by atoms with van der Waals surface area (Å²) in [7, 11) is 5.97. The van der Waals surface area contributed by atoms with Gasteiger partial charge in [-0.05, 0) is 19.9 Å². The molecule has 0 radical (unpaired) electrons. The molecule has 2 rings (SSSR count). The van der Waals surface area contributed by atoms with Crippen LogP contribution in [-0.4, -0.2) is 46.8 Å². The maximum Gasteiger partial charge on any atom is 0.122 e. The van der Waals surface area contributed by atoms with E-state index in [2.05, 4.69) is 21.5 Å². The van der Waals surface area contributed by atoms with Gasteiger partial charge < -0.3 is 15.0 Å². The Morgan fingerprint density at radius 1 is 1.58 bits per heavy atom. The molecule has 19 heavy (non-hydrogen) atoms. The Morgan fingerprint density at radius 2 is 2.37 bits per heavy atom. The summed E-state index contributed by atoms with van der Waals surface area (Å²) in [6.07, 6.45) is 8.69. The molecule has 1 aromatic heterocycles. The fraction of sp³-hybridized carbons (Fsp3) is 0.786. The molecule has 108 valence electrons. The van der Waals surface area contributed by atoms with Crippen molar-refractivity contribution in [3.05, 3.63) is 18.2 Å². The van der Waals surface area contributed by atoms with E-state index in [1.807, 2.05) is 19.4 Å². The minimum atomic E-state index is -0.0566. The number of hydrogen-bond donors (Lipinski definition) is 1. The van der Waals surface area contributed by atoms with Crippen molar-refractivity contribution in [3.63, 3.8) is 0 Å². The smallest absolute Gasteiger partial charge is 0.122 e. The van der Waals surface area contributed by atoms with Gasteiger partial charge in [-0.15, -0.1) is 0 Å². The minimum absolute atomic E-state index is 0.0566. The van der Waals surface area contributed by atoms with E-state index < -0.39 is 0 Å². The van der Waals surface area contributed by atoms with Crippen molar-refractivity contribution in [2.24, 2.45) is 12.8 Å². The number of aromatic nitrogens is 2. The topological polar surface area (TPSA) is 56.3 Å². The van der Waals surface area contributed by atoms with Crippen LogP contribution >= 0.6 is 0 Å². The first-order valence-corrected chi connectivity index (χ1v) is 7.04. The summed E-state index contributed by atoms with van der Waals surface area (Å²) >= 11 is 0. The average Bonchev–Trinajstić information content (AvgIpc) is 2.83. The van der Waals surface area contributed by atoms with Gasteiger partial charge in [0.25, 0.3) is 0 Å². The van der Waals surface area contributed by atoms with Gasteiger partial charge in [-0.3, -0.25) is 4.90 Å². The van der Waals surface area contributed by atoms with Crippen LogP contribution in [0.3, 0.4) is 0 Å². The van der Waals surface area contributed by atoms with E-state index in [1.165, 1.54) is 12.8 Å². The first-order valence-electron chi connectivity index (χ1n) is 7.04. The second-order valence-electron chi connectivity index (χ2n) is 5.59. The van der Waals surface area contributed by atoms with E-state index in [9.17, 15) is 0 Å². The number of rotatable bonds is 5. The van der Waals surface area contributed by atoms with Crippen LogP contribution in [0.25, 0.3) is 0 Å². The number of aryl methyl sites for hydroxylation is 1. The van der Waals surface area contributed by atoms with E-state index in [0.717, 1.165) is 25.2 Å². The van der Waals surface area contributed by atoms with Crippen molar-refractivity contribution in [1.82, 2.24) is 14.5 Å². The number of hydrogen-bond acceptors (Lipinski definition) is 4. The van der Waals surface area contributed by atoms with Gasteiger partial charge >= 0.3 is 0 Å². The van der Waals surface area contributed by atoms with Gasteiger partial charge in [0.05, 0.1) is 18.2 Å². The molecule has 0 amide bonds. The molecule has 2 atom stereocenters. The molecule has 5 heteroatoms. The van der Waals surface area contributed by atoms with Crippen molar-refractivity contribution < 1.29 is 4.74 Å². The van der Waals surface area contributed by atoms with Gasteiger partial charge in [0.1, 0.15) is 5.82 Å². The van der Waals surface area contributed by atoms with Crippen LogP contribution in [-0.2, 0) is 18.3 Å². The van der Waals surface area contributed by atoms with E-state index in [-0.39, 0.29) is 11.6 Å². The number of nitrogens with zero attached hydrogens (tertiary/aromatic N) is 3. The highest BCUT2D eigenvalue weighted by molar-refractivity contribution is 5.02. The zero-order valence-corrected chi connectivity index (χ0v) is 12.3. The molecule has 1 heterocycles. The molecular formula is C14H26N4O. The molecule has 0 bridgehead atoms. The fourth-order valence-electron chi connectivity index (χ4n) is 3.27. The van der Waals surface area contributed by atoms with Gasteiger partial charge in [-0.25, -0.2) is 4.98 Å². The predicted molar refractivity (Wildman–Crippen MR) is 75.7 cm³/mol. The summed E-state index contributed by atoms with van der Waals surface area (Å²) in [5, 5.41) is 0. The fourth-order valence-corrected chi connectivity index (χ4v) is 3.27. The van der Waals surface area contributed by atoms with Gasteiger partial charge in [0.15, 0.2) is 0 Å². The van der Waals surface area contributed by atoms with Crippen molar-refractivity contribution in [2.75, 3.05) is 20.7 Å². The average molecular weight is 266 g/mol. The lowest BCUT2D eigenvalue weighted by Crippen LogP contribution is -2.61. The molecule has 2 unspecified atom stereocenters. The predicted octanol–water partition coefficient (Wildman–Crippen LogP) is 1.14. The molecule has 1 aliphatic carbocycles. The number of ether oxygens (including phenoxy) is 1. The quantitative estimate of drug-likeness (QED) is 0.868. The van der Waals surface area contributed by atoms with Crippen molar-refractivity contribution in [2.45, 2.75) is 43.9 Å². The SMILES string of the molecule is COC1CCCCC1(CN)N(C)Cc1nccn1C. The summed E-state index contributed by atoms with van der Waals surface area (Å²) < 4.78 is 7.78. The molecule has 1 fully saturated rings. The zero-order valence-electron chi connectivity index (χ0n) is 12.3. The van der Waals surface area contributed by atoms with Crippen LogP contribution in [0.4, 0.5) is 0 Å². The molecular weight excluding hydrogens is 240 g/mol. The molecule has 2 N–H and O–H groups in total. The summed E-state index contributed by atoms with van der Waals surface area (Å²) in [6.45, 7) is 1.44. The van der Waals surface area contributed by atoms with Crippen LogP contribution < -0.4 is 5.73 Å². The first-order chi connectivity index (χ1) is 9.14. The van der Waals surface area contributed by atoms with Crippen molar-refractivity contribution in [3.8, 4) is 0 Å². The molecule has 1 aliphatic rings. The Balaban J connectivity index is 2.17. The van der Waals surface area contributed by atoms with Crippen LogP contribution in [0.1, 0.15) is 31.5 Å². The Hall–Kier alpha value is -0.910.